The largest absolute Gasteiger partial charge is 0.458 e. The SMILES string of the molecule is C=C1[C@H](OC(C)=O)[C@@H](OC(C)=O)[C@@H](OC(C)=O)C(C)(C)/C=C/[C@H](C)[C@H](OC(=O)c2ccccc2)[C@@]2(O)C[C@@](C)(OC(=O)c3ccncc3)[C@H](OC(C)=O)[C@@H]2[C@H]1OCC(C)C. The minimum absolute atomic E-state index is 0.0234. The van der Waals surface area contributed by atoms with Crippen molar-refractivity contribution in [3.63, 3.8) is 0 Å². The summed E-state index contributed by atoms with van der Waals surface area (Å²) in [6.07, 6.45) is -3.57. The highest BCUT2D eigenvalue weighted by Gasteiger charge is 2.70. The summed E-state index contributed by atoms with van der Waals surface area (Å²) in [6, 6.07) is 10.9. The second-order valence-corrected chi connectivity index (χ2v) is 16.8. The van der Waals surface area contributed by atoms with Gasteiger partial charge in [-0.2, -0.15) is 0 Å². The first-order valence-corrected chi connectivity index (χ1v) is 19.8. The minimum atomic E-state index is -2.32. The normalized spacial score (nSPS) is 30.6. The molecule has 4 rings (SSSR count). The molecule has 0 spiro atoms. The summed E-state index contributed by atoms with van der Waals surface area (Å²) in [5, 5.41) is 13.7. The molecule has 2 aliphatic carbocycles. The fourth-order valence-electron chi connectivity index (χ4n) is 8.11. The molecule has 1 saturated carbocycles. The van der Waals surface area contributed by atoms with E-state index in [2.05, 4.69) is 11.6 Å². The molecular weight excluding hydrogens is 778 g/mol. The van der Waals surface area contributed by atoms with Gasteiger partial charge in [-0.15, -0.1) is 0 Å². The first kappa shape index (κ1) is 47.3. The van der Waals surface area contributed by atoms with Crippen molar-refractivity contribution in [2.45, 2.75) is 123 Å². The molecule has 2 aromatic rings. The molecule has 1 N–H and O–H groups in total. The highest BCUT2D eigenvalue weighted by molar-refractivity contribution is 5.90. The highest BCUT2D eigenvalue weighted by Crippen LogP contribution is 2.54. The Morgan fingerprint density at radius 2 is 1.30 bits per heavy atom. The van der Waals surface area contributed by atoms with Crippen LogP contribution in [0, 0.1) is 23.2 Å². The van der Waals surface area contributed by atoms with Crippen LogP contribution >= 0.6 is 0 Å². The first-order chi connectivity index (χ1) is 28.0. The molecule has 326 valence electrons. The van der Waals surface area contributed by atoms with Crippen LogP contribution in [0.15, 0.2) is 79.2 Å². The van der Waals surface area contributed by atoms with Crippen molar-refractivity contribution < 1.29 is 67.0 Å². The van der Waals surface area contributed by atoms with Gasteiger partial charge >= 0.3 is 35.8 Å². The fraction of sp³-hybridized carbons (Fsp3) is 0.533. The lowest BCUT2D eigenvalue weighted by molar-refractivity contribution is -0.195. The Labute approximate surface area is 350 Å². The monoisotopic (exact) mass is 835 g/mol. The van der Waals surface area contributed by atoms with Crippen molar-refractivity contribution in [3.05, 3.63) is 90.3 Å². The molecule has 0 saturated heterocycles. The van der Waals surface area contributed by atoms with E-state index in [1.54, 1.807) is 63.3 Å². The Hall–Kier alpha value is -5.41. The molecule has 10 atom stereocenters. The standard InChI is InChI=1S/C45H57NO14/c1-25(2)23-54-35-27(4)36(55-28(5)47)37(56-29(6)48)40(58-31(8)50)43(9,10)20-17-26(3)38(59-41(51)32-15-13-12-14-16-32)45(53)24-44(11,39(34(35)45)57-30(7)49)60-42(52)33-18-21-46-22-19-33/h12-22,25-26,34-40,53H,4,23-24H2,1-3,5-11H3/b20-17+/t26-,34-,35-,36-,37+,38-,39+,40+,44+,45+/m0/s1. The van der Waals surface area contributed by atoms with Gasteiger partial charge in [-0.25, -0.2) is 9.59 Å². The van der Waals surface area contributed by atoms with Crippen LogP contribution < -0.4 is 0 Å². The molecule has 15 heteroatoms. The number of aliphatic hydroxyl groups is 1. The smallest absolute Gasteiger partial charge is 0.338 e. The molecule has 2 aliphatic rings. The number of fused-ring (bicyclic) bond motifs is 1. The van der Waals surface area contributed by atoms with Crippen LogP contribution in [0.4, 0.5) is 0 Å². The minimum Gasteiger partial charge on any atom is -0.458 e. The van der Waals surface area contributed by atoms with Crippen molar-refractivity contribution in [2.24, 2.45) is 23.2 Å². The van der Waals surface area contributed by atoms with Crippen LogP contribution in [0.1, 0.15) is 96.4 Å². The summed E-state index contributed by atoms with van der Waals surface area (Å²) in [7, 11) is 0. The van der Waals surface area contributed by atoms with E-state index in [9.17, 15) is 33.9 Å². The van der Waals surface area contributed by atoms with Gasteiger partial charge in [-0.05, 0) is 42.7 Å². The zero-order valence-corrected chi connectivity index (χ0v) is 35.9. The summed E-state index contributed by atoms with van der Waals surface area (Å²) < 4.78 is 43.0. The topological polar surface area (TPSA) is 200 Å². The van der Waals surface area contributed by atoms with Crippen molar-refractivity contribution in [1.82, 2.24) is 4.98 Å². The van der Waals surface area contributed by atoms with Crippen molar-refractivity contribution >= 4 is 35.8 Å². The number of benzene rings is 1. The third kappa shape index (κ3) is 11.0. The predicted molar refractivity (Wildman–Crippen MR) is 215 cm³/mol. The molecule has 0 radical (unpaired) electrons. The van der Waals surface area contributed by atoms with Gasteiger partial charge in [0.2, 0.25) is 0 Å². The molecule has 1 aromatic carbocycles. The summed E-state index contributed by atoms with van der Waals surface area (Å²) >= 11 is 0. The van der Waals surface area contributed by atoms with E-state index < -0.39 is 107 Å². The Balaban J connectivity index is 2.15. The molecular formula is C45H57NO14. The maximum atomic E-state index is 14.1. The third-order valence-electron chi connectivity index (χ3n) is 10.6. The average Bonchev–Trinajstić information content (AvgIpc) is 3.37. The Bertz CT molecular complexity index is 1930. The van der Waals surface area contributed by atoms with Gasteiger partial charge in [0.15, 0.2) is 18.3 Å². The van der Waals surface area contributed by atoms with Gasteiger partial charge in [0.25, 0.3) is 0 Å². The van der Waals surface area contributed by atoms with Crippen LogP contribution in [-0.4, -0.2) is 100 Å². The van der Waals surface area contributed by atoms with E-state index >= 15 is 0 Å². The highest BCUT2D eigenvalue weighted by atomic mass is 16.6. The average molecular weight is 836 g/mol. The number of carbonyl (C=O) groups is 6. The number of ether oxygens (including phenoxy) is 7. The molecule has 60 heavy (non-hydrogen) atoms. The summed E-state index contributed by atoms with van der Waals surface area (Å²) in [5.41, 5.74) is -5.27. The molecule has 0 unspecified atom stereocenters. The third-order valence-corrected chi connectivity index (χ3v) is 10.6. The van der Waals surface area contributed by atoms with Crippen molar-refractivity contribution in [2.75, 3.05) is 6.61 Å². The molecule has 1 heterocycles. The molecule has 0 bridgehead atoms. The number of carbonyl (C=O) groups excluding carboxylic acids is 6. The van der Waals surface area contributed by atoms with E-state index in [1.165, 1.54) is 38.4 Å². The number of hydrogen-bond donors (Lipinski definition) is 1. The van der Waals surface area contributed by atoms with Gasteiger partial charge in [0.05, 0.1) is 23.1 Å². The predicted octanol–water partition coefficient (Wildman–Crippen LogP) is 5.53. The van der Waals surface area contributed by atoms with Crippen molar-refractivity contribution in [3.8, 4) is 0 Å². The molecule has 1 fully saturated rings. The number of hydrogen-bond acceptors (Lipinski definition) is 15. The number of rotatable bonds is 11. The number of esters is 6. The lowest BCUT2D eigenvalue weighted by atomic mass is 9.71. The van der Waals surface area contributed by atoms with E-state index in [0.717, 1.165) is 20.8 Å². The second kappa shape index (κ2) is 19.3. The summed E-state index contributed by atoms with van der Waals surface area (Å²) in [6.45, 7) is 19.1. The van der Waals surface area contributed by atoms with E-state index in [4.69, 9.17) is 33.2 Å². The quantitative estimate of drug-likeness (QED) is 0.168. The van der Waals surface area contributed by atoms with Gasteiger partial charge in [0, 0.05) is 64.4 Å². The van der Waals surface area contributed by atoms with Gasteiger partial charge in [-0.1, -0.05) is 71.5 Å². The fourth-order valence-corrected chi connectivity index (χ4v) is 8.11. The van der Waals surface area contributed by atoms with E-state index in [1.807, 2.05) is 13.8 Å². The van der Waals surface area contributed by atoms with Crippen LogP contribution in [0.25, 0.3) is 0 Å². The maximum absolute atomic E-state index is 14.1. The first-order valence-electron chi connectivity index (χ1n) is 19.8. The zero-order valence-electron chi connectivity index (χ0n) is 35.9. The van der Waals surface area contributed by atoms with Crippen LogP contribution in [0.3, 0.4) is 0 Å². The van der Waals surface area contributed by atoms with E-state index in [0.29, 0.717) is 0 Å². The Kier molecular flexibility index (Phi) is 15.2. The summed E-state index contributed by atoms with van der Waals surface area (Å²) in [5.74, 6) is -7.49. The van der Waals surface area contributed by atoms with Crippen LogP contribution in [-0.2, 0) is 52.3 Å². The Morgan fingerprint density at radius 1 is 0.750 bits per heavy atom. The van der Waals surface area contributed by atoms with Crippen LogP contribution in [0.5, 0.6) is 0 Å². The van der Waals surface area contributed by atoms with E-state index in [-0.39, 0.29) is 29.2 Å². The lowest BCUT2D eigenvalue weighted by Crippen LogP contribution is -2.59. The van der Waals surface area contributed by atoms with Crippen molar-refractivity contribution in [1.29, 1.82) is 0 Å². The summed E-state index contributed by atoms with van der Waals surface area (Å²) in [4.78, 5) is 83.9. The molecule has 1 aromatic heterocycles. The van der Waals surface area contributed by atoms with Gasteiger partial charge in [0.1, 0.15) is 23.4 Å². The second-order valence-electron chi connectivity index (χ2n) is 16.8. The molecule has 0 amide bonds. The molecule has 15 nitrogen and oxygen atoms in total. The van der Waals surface area contributed by atoms with Gasteiger partial charge < -0.3 is 38.3 Å². The van der Waals surface area contributed by atoms with Gasteiger partial charge in [-0.3, -0.25) is 24.2 Å². The molecule has 0 aliphatic heterocycles. The number of pyridine rings is 1. The zero-order chi connectivity index (χ0) is 44.7. The Morgan fingerprint density at radius 3 is 1.85 bits per heavy atom. The lowest BCUT2D eigenvalue weighted by Gasteiger charge is -2.46. The maximum Gasteiger partial charge on any atom is 0.338 e. The number of nitrogens with zero attached hydrogens (tertiary/aromatic N) is 1. The van der Waals surface area contributed by atoms with Crippen LogP contribution in [0.2, 0.25) is 0 Å². The number of aromatic nitrogens is 1.